The van der Waals surface area contributed by atoms with Crippen molar-refractivity contribution in [2.75, 3.05) is 0 Å². The average molecular weight is 253 g/mol. The lowest BCUT2D eigenvalue weighted by Crippen LogP contribution is -1.90. The van der Waals surface area contributed by atoms with Crippen molar-refractivity contribution in [2.45, 2.75) is 6.42 Å². The van der Waals surface area contributed by atoms with E-state index in [1.807, 2.05) is 36.4 Å². The minimum absolute atomic E-state index is 0.695. The highest BCUT2D eigenvalue weighted by atomic mass is 35.5. The summed E-state index contributed by atoms with van der Waals surface area (Å²) in [6.45, 7) is 0. The molecule has 0 amide bonds. The van der Waals surface area contributed by atoms with Crippen molar-refractivity contribution in [1.29, 1.82) is 0 Å². The highest BCUT2D eigenvalue weighted by molar-refractivity contribution is 6.30. The van der Waals surface area contributed by atoms with Gasteiger partial charge in [-0.15, -0.1) is 0 Å². The molecule has 1 aliphatic carbocycles. The Morgan fingerprint density at radius 1 is 1.00 bits per heavy atom. The smallest absolute Gasteiger partial charge is 0.127 e. The Morgan fingerprint density at radius 2 is 1.75 bits per heavy atom. The topological polar surface area (TPSA) is 9.23 Å². The van der Waals surface area contributed by atoms with Gasteiger partial charge in [0.15, 0.2) is 0 Å². The first kappa shape index (κ1) is 11.3. The van der Waals surface area contributed by atoms with Crippen molar-refractivity contribution in [3.8, 4) is 5.75 Å². The van der Waals surface area contributed by atoms with Crippen molar-refractivity contribution in [3.05, 3.63) is 64.4 Å². The number of hydrogen-bond donors (Lipinski definition) is 0. The van der Waals surface area contributed by atoms with Crippen LogP contribution in [0.2, 0.25) is 5.02 Å². The predicted octanol–water partition coefficient (Wildman–Crippen LogP) is 4.69. The number of halogens is 2. The molecule has 1 aromatic rings. The van der Waals surface area contributed by atoms with Crippen LogP contribution in [0.25, 0.3) is 0 Å². The summed E-state index contributed by atoms with van der Waals surface area (Å²) in [6, 6.07) is 7.24. The lowest BCUT2D eigenvalue weighted by molar-refractivity contribution is 0.444. The van der Waals surface area contributed by atoms with E-state index in [-0.39, 0.29) is 0 Å². The Morgan fingerprint density at radius 3 is 2.50 bits per heavy atom. The third-order valence-corrected chi connectivity index (χ3v) is 2.61. The number of hydrogen-bond acceptors (Lipinski definition) is 1. The van der Waals surface area contributed by atoms with Crippen LogP contribution in [0.5, 0.6) is 5.75 Å². The second kappa shape index (κ2) is 5.24. The second-order valence-electron chi connectivity index (χ2n) is 3.35. The highest BCUT2D eigenvalue weighted by Gasteiger charge is 2.00. The van der Waals surface area contributed by atoms with Gasteiger partial charge < -0.3 is 4.74 Å². The van der Waals surface area contributed by atoms with E-state index in [1.165, 1.54) is 0 Å². The first-order valence-electron chi connectivity index (χ1n) is 4.90. The van der Waals surface area contributed by atoms with Gasteiger partial charge in [-0.3, -0.25) is 0 Å². The van der Waals surface area contributed by atoms with Gasteiger partial charge in [0.1, 0.15) is 11.5 Å². The third-order valence-electron chi connectivity index (χ3n) is 2.07. The predicted molar refractivity (Wildman–Crippen MR) is 67.9 cm³/mol. The van der Waals surface area contributed by atoms with Crippen molar-refractivity contribution < 1.29 is 4.74 Å². The van der Waals surface area contributed by atoms with Gasteiger partial charge in [-0.1, -0.05) is 29.3 Å². The Bertz CT molecular complexity index is 455. The Hall–Kier alpha value is -1.18. The molecule has 0 radical (unpaired) electrons. The quantitative estimate of drug-likeness (QED) is 0.743. The van der Waals surface area contributed by atoms with Gasteiger partial charge in [0.05, 0.1) is 0 Å². The number of rotatable bonds is 2. The molecule has 0 aromatic heterocycles. The Kier molecular flexibility index (Phi) is 3.70. The summed E-state index contributed by atoms with van der Waals surface area (Å²) in [5, 5.41) is 1.49. The molecular weight excluding hydrogens is 243 g/mol. The first-order chi connectivity index (χ1) is 7.74. The van der Waals surface area contributed by atoms with Gasteiger partial charge in [0, 0.05) is 16.5 Å². The van der Waals surface area contributed by atoms with E-state index in [2.05, 4.69) is 0 Å². The first-order valence-corrected chi connectivity index (χ1v) is 5.66. The number of allylic oxidation sites excluding steroid dienone is 5. The highest BCUT2D eigenvalue weighted by Crippen LogP contribution is 2.20. The van der Waals surface area contributed by atoms with E-state index in [1.54, 1.807) is 12.1 Å². The SMILES string of the molecule is ClC1=CC=C(Oc2ccc(Cl)cc2)C=CC1. The second-order valence-corrected chi connectivity index (χ2v) is 4.27. The molecule has 1 aromatic carbocycles. The zero-order chi connectivity index (χ0) is 11.4. The summed E-state index contributed by atoms with van der Waals surface area (Å²) < 4.78 is 5.65. The Labute approximate surface area is 105 Å². The summed E-state index contributed by atoms with van der Waals surface area (Å²) in [4.78, 5) is 0. The maximum atomic E-state index is 5.90. The average Bonchev–Trinajstić information content (AvgIpc) is 2.47. The summed E-state index contributed by atoms with van der Waals surface area (Å²) >= 11 is 11.7. The van der Waals surface area contributed by atoms with E-state index < -0.39 is 0 Å². The fourth-order valence-corrected chi connectivity index (χ4v) is 1.57. The van der Waals surface area contributed by atoms with Crippen LogP contribution in [0.4, 0.5) is 0 Å². The van der Waals surface area contributed by atoms with Crippen LogP contribution in [0.15, 0.2) is 59.4 Å². The summed E-state index contributed by atoms with van der Waals surface area (Å²) in [5.74, 6) is 1.52. The van der Waals surface area contributed by atoms with Crippen LogP contribution in [0.3, 0.4) is 0 Å². The van der Waals surface area contributed by atoms with E-state index >= 15 is 0 Å². The van der Waals surface area contributed by atoms with Crippen LogP contribution in [-0.4, -0.2) is 0 Å². The molecule has 16 heavy (non-hydrogen) atoms. The molecule has 0 saturated carbocycles. The fraction of sp³-hybridized carbons (Fsp3) is 0.0769. The van der Waals surface area contributed by atoms with Crippen molar-refractivity contribution >= 4 is 23.2 Å². The van der Waals surface area contributed by atoms with Gasteiger partial charge in [0.2, 0.25) is 0 Å². The van der Waals surface area contributed by atoms with Crippen LogP contribution < -0.4 is 4.74 Å². The van der Waals surface area contributed by atoms with Gasteiger partial charge in [-0.05, 0) is 42.5 Å². The number of ether oxygens (including phenoxy) is 1. The molecule has 0 bridgehead atoms. The van der Waals surface area contributed by atoms with Crippen molar-refractivity contribution in [1.82, 2.24) is 0 Å². The zero-order valence-corrected chi connectivity index (χ0v) is 10.0. The molecule has 0 fully saturated rings. The van der Waals surface area contributed by atoms with Crippen LogP contribution >= 0.6 is 23.2 Å². The molecule has 82 valence electrons. The van der Waals surface area contributed by atoms with E-state index in [0.29, 0.717) is 5.02 Å². The van der Waals surface area contributed by atoms with Gasteiger partial charge in [-0.2, -0.15) is 0 Å². The standard InChI is InChI=1S/C13H10Cl2O/c14-10-2-1-3-12(7-4-10)16-13-8-5-11(15)6-9-13/h1,3-9H,2H2. The van der Waals surface area contributed by atoms with Gasteiger partial charge in [-0.25, -0.2) is 0 Å². The molecule has 0 heterocycles. The molecule has 0 unspecified atom stereocenters. The van der Waals surface area contributed by atoms with Crippen LogP contribution in [0, 0.1) is 0 Å². The fourth-order valence-electron chi connectivity index (χ4n) is 1.29. The van der Waals surface area contributed by atoms with E-state index in [9.17, 15) is 0 Å². The van der Waals surface area contributed by atoms with Gasteiger partial charge >= 0.3 is 0 Å². The lowest BCUT2D eigenvalue weighted by Gasteiger charge is -2.05. The monoisotopic (exact) mass is 252 g/mol. The third kappa shape index (κ3) is 3.16. The maximum absolute atomic E-state index is 5.90. The van der Waals surface area contributed by atoms with E-state index in [4.69, 9.17) is 27.9 Å². The minimum atomic E-state index is 0.695. The van der Waals surface area contributed by atoms with Crippen LogP contribution in [-0.2, 0) is 0 Å². The maximum Gasteiger partial charge on any atom is 0.127 e. The molecule has 2 rings (SSSR count). The molecule has 0 N–H and O–H groups in total. The van der Waals surface area contributed by atoms with Gasteiger partial charge in [0.25, 0.3) is 0 Å². The minimum Gasteiger partial charge on any atom is -0.457 e. The molecule has 0 atom stereocenters. The summed E-state index contributed by atoms with van der Waals surface area (Å²) in [5.41, 5.74) is 0. The lowest BCUT2D eigenvalue weighted by atomic mass is 10.3. The Balaban J connectivity index is 2.13. The number of benzene rings is 1. The molecular formula is C13H10Cl2O. The van der Waals surface area contributed by atoms with Crippen LogP contribution in [0.1, 0.15) is 6.42 Å². The molecule has 0 spiro atoms. The summed E-state index contributed by atoms with van der Waals surface area (Å²) in [7, 11) is 0. The zero-order valence-electron chi connectivity index (χ0n) is 8.49. The molecule has 1 aliphatic rings. The van der Waals surface area contributed by atoms with Crippen molar-refractivity contribution in [2.24, 2.45) is 0 Å². The van der Waals surface area contributed by atoms with Crippen molar-refractivity contribution in [3.63, 3.8) is 0 Å². The summed E-state index contributed by atoms with van der Waals surface area (Å²) in [6.07, 6.45) is 8.30. The molecule has 0 saturated heterocycles. The molecule has 3 heteroatoms. The normalized spacial score (nSPS) is 15.1. The largest absolute Gasteiger partial charge is 0.457 e. The molecule has 0 aliphatic heterocycles. The molecule has 1 nitrogen and oxygen atoms in total. The van der Waals surface area contributed by atoms with E-state index in [0.717, 1.165) is 23.0 Å².